The van der Waals surface area contributed by atoms with Gasteiger partial charge in [-0.05, 0) is 105 Å². The van der Waals surface area contributed by atoms with Gasteiger partial charge in [-0.15, -0.1) is 0 Å². The predicted molar refractivity (Wildman–Crippen MR) is 196 cm³/mol. The van der Waals surface area contributed by atoms with E-state index in [1.54, 1.807) is 18.0 Å². The number of hydrogen-bond donors (Lipinski definition) is 0. The summed E-state index contributed by atoms with van der Waals surface area (Å²) in [6, 6.07) is 46.4. The van der Waals surface area contributed by atoms with Gasteiger partial charge in [-0.2, -0.15) is 0 Å². The number of pyridine rings is 3. The van der Waals surface area contributed by atoms with E-state index in [4.69, 9.17) is 4.98 Å². The zero-order valence-corrected chi connectivity index (χ0v) is 26.8. The Hall–Kier alpha value is -5.67. The van der Waals surface area contributed by atoms with Crippen LogP contribution in [0.3, 0.4) is 0 Å². The van der Waals surface area contributed by atoms with Gasteiger partial charge in [0.2, 0.25) is 0 Å². The molecule has 0 saturated heterocycles. The summed E-state index contributed by atoms with van der Waals surface area (Å²) in [5, 5.41) is 0. The van der Waals surface area contributed by atoms with Crippen molar-refractivity contribution in [3.05, 3.63) is 163 Å². The molecule has 0 atom stereocenters. The molecule has 0 aliphatic heterocycles. The van der Waals surface area contributed by atoms with Crippen molar-refractivity contribution in [2.24, 2.45) is 0 Å². The van der Waals surface area contributed by atoms with Gasteiger partial charge in [0.25, 0.3) is 0 Å². The summed E-state index contributed by atoms with van der Waals surface area (Å²) in [6.45, 7) is 0. The minimum Gasteiger partial charge on any atom is -0.264 e. The molecule has 0 amide bonds. The molecule has 3 aromatic heterocycles. The van der Waals surface area contributed by atoms with Crippen LogP contribution in [-0.2, 0) is 5.41 Å². The minimum atomic E-state index is 0.192. The summed E-state index contributed by atoms with van der Waals surface area (Å²) in [7, 11) is 0. The van der Waals surface area contributed by atoms with E-state index in [1.807, 2.05) is 24.5 Å². The van der Waals surface area contributed by atoms with Crippen molar-refractivity contribution in [2.45, 2.75) is 37.5 Å². The third-order valence-corrected chi connectivity index (χ3v) is 10.5. The molecule has 3 heterocycles. The molecule has 0 N–H and O–H groups in total. The largest absolute Gasteiger partial charge is 0.264 e. The monoisotopic (exact) mass is 617 g/mol. The van der Waals surface area contributed by atoms with Gasteiger partial charge >= 0.3 is 0 Å². The molecule has 2 aliphatic rings. The second-order valence-corrected chi connectivity index (χ2v) is 13.2. The first-order chi connectivity index (χ1) is 23.7. The van der Waals surface area contributed by atoms with Crippen molar-refractivity contribution in [1.29, 1.82) is 0 Å². The lowest BCUT2D eigenvalue weighted by atomic mass is 9.68. The van der Waals surface area contributed by atoms with E-state index in [2.05, 4.69) is 125 Å². The molecule has 2 aliphatic carbocycles. The molecule has 0 bridgehead atoms. The van der Waals surface area contributed by atoms with E-state index in [0.29, 0.717) is 0 Å². The van der Waals surface area contributed by atoms with Crippen LogP contribution in [0, 0.1) is 0 Å². The summed E-state index contributed by atoms with van der Waals surface area (Å²) in [6.07, 6.45) is 13.9. The van der Waals surface area contributed by atoms with Gasteiger partial charge in [-0.1, -0.05) is 104 Å². The van der Waals surface area contributed by atoms with Crippen molar-refractivity contribution >= 4 is 0 Å². The molecule has 1 spiro atoms. The summed E-state index contributed by atoms with van der Waals surface area (Å²) in [5.41, 5.74) is 17.0. The van der Waals surface area contributed by atoms with Crippen LogP contribution in [0.1, 0.15) is 43.2 Å². The van der Waals surface area contributed by atoms with Crippen LogP contribution in [0.4, 0.5) is 0 Å². The number of rotatable bonds is 5. The zero-order chi connectivity index (χ0) is 31.9. The standard InChI is InChI=1S/C45H35N3/c1-4-21-45(22-5-1)41-14-3-2-13-39(41)40-26-35(19-20-42(40)45)34-10-6-9-33(25-34)31-15-17-32(18-16-31)43-27-38(36-11-7-23-46-29-36)28-44(48-43)37-12-8-24-47-30-37/h2-3,6-20,23-30H,1,4-5,21-22H2. The highest BCUT2D eigenvalue weighted by Gasteiger charge is 2.43. The molecule has 0 radical (unpaired) electrons. The van der Waals surface area contributed by atoms with Crippen molar-refractivity contribution in [3.63, 3.8) is 0 Å². The average Bonchev–Trinajstić information content (AvgIpc) is 3.43. The van der Waals surface area contributed by atoms with Crippen molar-refractivity contribution < 1.29 is 0 Å². The van der Waals surface area contributed by atoms with Gasteiger partial charge < -0.3 is 0 Å². The Bertz CT molecular complexity index is 2190. The van der Waals surface area contributed by atoms with Crippen molar-refractivity contribution in [1.82, 2.24) is 15.0 Å². The normalized spacial score (nSPS) is 14.4. The van der Waals surface area contributed by atoms with Crippen LogP contribution in [0.5, 0.6) is 0 Å². The number of benzene rings is 4. The van der Waals surface area contributed by atoms with Gasteiger partial charge in [0, 0.05) is 46.9 Å². The Kier molecular flexibility index (Phi) is 7.04. The number of aromatic nitrogens is 3. The molecule has 4 aromatic carbocycles. The summed E-state index contributed by atoms with van der Waals surface area (Å²) >= 11 is 0. The number of hydrogen-bond acceptors (Lipinski definition) is 3. The fourth-order valence-electron chi connectivity index (χ4n) is 8.09. The molecule has 9 rings (SSSR count). The van der Waals surface area contributed by atoms with Crippen LogP contribution in [0.25, 0.3) is 67.0 Å². The molecule has 1 fully saturated rings. The van der Waals surface area contributed by atoms with Crippen LogP contribution in [0.2, 0.25) is 0 Å². The molecule has 7 aromatic rings. The average molecular weight is 618 g/mol. The topological polar surface area (TPSA) is 38.7 Å². The van der Waals surface area contributed by atoms with E-state index in [-0.39, 0.29) is 5.41 Å². The first-order valence-electron chi connectivity index (χ1n) is 17.0. The Labute approximate surface area is 282 Å². The Balaban J connectivity index is 1.05. The number of fused-ring (bicyclic) bond motifs is 5. The van der Waals surface area contributed by atoms with Gasteiger partial charge in [-0.25, -0.2) is 4.98 Å². The maximum absolute atomic E-state index is 5.07. The van der Waals surface area contributed by atoms with Crippen LogP contribution >= 0.6 is 0 Å². The highest BCUT2D eigenvalue weighted by atomic mass is 14.7. The second-order valence-electron chi connectivity index (χ2n) is 13.2. The molecule has 1 saturated carbocycles. The van der Waals surface area contributed by atoms with Crippen LogP contribution in [-0.4, -0.2) is 15.0 Å². The molecule has 0 unspecified atom stereocenters. The molecule has 230 valence electrons. The van der Waals surface area contributed by atoms with E-state index in [1.165, 1.54) is 71.0 Å². The molecular weight excluding hydrogens is 583 g/mol. The van der Waals surface area contributed by atoms with Gasteiger partial charge in [0.1, 0.15) is 0 Å². The highest BCUT2D eigenvalue weighted by Crippen LogP contribution is 2.56. The maximum atomic E-state index is 5.07. The lowest BCUT2D eigenvalue weighted by Gasteiger charge is -2.36. The highest BCUT2D eigenvalue weighted by molar-refractivity contribution is 5.86. The van der Waals surface area contributed by atoms with E-state index in [9.17, 15) is 0 Å². The maximum Gasteiger partial charge on any atom is 0.0731 e. The first kappa shape index (κ1) is 28.5. The second kappa shape index (κ2) is 11.8. The third-order valence-electron chi connectivity index (χ3n) is 10.5. The van der Waals surface area contributed by atoms with Crippen molar-refractivity contribution in [3.8, 4) is 67.0 Å². The summed E-state index contributed by atoms with van der Waals surface area (Å²) < 4.78 is 0. The quantitative estimate of drug-likeness (QED) is 0.193. The SMILES string of the molecule is c1cncc(-c2cc(-c3ccc(-c4cccc(-c5ccc6c(c5)-c5ccccc5C65CCCCC5)c4)cc3)nc(-c3cccnc3)c2)c1. The molecule has 3 nitrogen and oxygen atoms in total. The lowest BCUT2D eigenvalue weighted by molar-refractivity contribution is 0.353. The number of nitrogens with zero attached hydrogens (tertiary/aromatic N) is 3. The van der Waals surface area contributed by atoms with Crippen molar-refractivity contribution in [2.75, 3.05) is 0 Å². The van der Waals surface area contributed by atoms with Crippen LogP contribution < -0.4 is 0 Å². The van der Waals surface area contributed by atoms with Gasteiger partial charge in [-0.3, -0.25) is 9.97 Å². The van der Waals surface area contributed by atoms with Gasteiger partial charge in [0.15, 0.2) is 0 Å². The lowest BCUT2D eigenvalue weighted by Crippen LogP contribution is -2.27. The Morgan fingerprint density at radius 1 is 0.396 bits per heavy atom. The van der Waals surface area contributed by atoms with E-state index >= 15 is 0 Å². The summed E-state index contributed by atoms with van der Waals surface area (Å²) in [4.78, 5) is 13.8. The van der Waals surface area contributed by atoms with E-state index in [0.717, 1.165) is 33.6 Å². The van der Waals surface area contributed by atoms with Gasteiger partial charge in [0.05, 0.1) is 11.4 Å². The summed E-state index contributed by atoms with van der Waals surface area (Å²) in [5.74, 6) is 0. The molecule has 3 heteroatoms. The Morgan fingerprint density at radius 3 is 1.75 bits per heavy atom. The fourth-order valence-corrected chi connectivity index (χ4v) is 8.09. The molecule has 48 heavy (non-hydrogen) atoms. The van der Waals surface area contributed by atoms with Crippen LogP contribution in [0.15, 0.2) is 152 Å². The third kappa shape index (κ3) is 4.94. The zero-order valence-electron chi connectivity index (χ0n) is 26.8. The predicted octanol–water partition coefficient (Wildman–Crippen LogP) is 11.4. The van der Waals surface area contributed by atoms with E-state index < -0.39 is 0 Å². The minimum absolute atomic E-state index is 0.192. The fraction of sp³-hybridized carbons (Fsp3) is 0.133. The Morgan fingerprint density at radius 2 is 1.00 bits per heavy atom. The first-order valence-corrected chi connectivity index (χ1v) is 17.0. The smallest absolute Gasteiger partial charge is 0.0731 e. The molecular formula is C45H35N3.